The smallest absolute Gasteiger partial charge is 0.191 e. The summed E-state index contributed by atoms with van der Waals surface area (Å²) in [6, 6.07) is 8.25. The van der Waals surface area contributed by atoms with E-state index in [0.29, 0.717) is 6.54 Å². The Bertz CT molecular complexity index is 627. The van der Waals surface area contributed by atoms with E-state index in [-0.39, 0.29) is 0 Å². The maximum Gasteiger partial charge on any atom is 0.191 e. The number of aryl methyl sites for hydroxylation is 2. The van der Waals surface area contributed by atoms with E-state index in [0.717, 1.165) is 36.8 Å². The number of hydrogen-bond acceptors (Lipinski definition) is 2. The third-order valence-corrected chi connectivity index (χ3v) is 3.33. The molecule has 0 spiro atoms. The van der Waals surface area contributed by atoms with Crippen LogP contribution in [0.1, 0.15) is 12.2 Å². The lowest BCUT2D eigenvalue weighted by molar-refractivity contribution is 0.625. The summed E-state index contributed by atoms with van der Waals surface area (Å²) in [7, 11) is 1.77. The highest BCUT2D eigenvalue weighted by Gasteiger charge is 2.05. The lowest BCUT2D eigenvalue weighted by Crippen LogP contribution is -2.37. The fourth-order valence-corrected chi connectivity index (χ4v) is 2.31. The fourth-order valence-electron chi connectivity index (χ4n) is 2.31. The summed E-state index contributed by atoms with van der Waals surface area (Å²) in [4.78, 5) is 8.73. The molecule has 1 heterocycles. The number of fused-ring (bicyclic) bond motifs is 1. The van der Waals surface area contributed by atoms with Crippen LogP contribution >= 0.6 is 0 Å². The summed E-state index contributed by atoms with van der Waals surface area (Å²) in [5.74, 6) is 1.87. The Kier molecular flexibility index (Phi) is 5.37. The Morgan fingerprint density at radius 2 is 2.19 bits per heavy atom. The van der Waals surface area contributed by atoms with Crippen molar-refractivity contribution in [2.24, 2.45) is 4.99 Å². The van der Waals surface area contributed by atoms with Crippen molar-refractivity contribution in [1.82, 2.24) is 20.2 Å². The van der Waals surface area contributed by atoms with Gasteiger partial charge in [-0.3, -0.25) is 4.99 Å². The van der Waals surface area contributed by atoms with Crippen LogP contribution in [0.5, 0.6) is 0 Å². The third kappa shape index (κ3) is 3.84. The van der Waals surface area contributed by atoms with Crippen LogP contribution in [0, 0.1) is 6.92 Å². The second-order valence-corrected chi connectivity index (χ2v) is 4.82. The van der Waals surface area contributed by atoms with E-state index in [1.54, 1.807) is 7.05 Å². The molecular weight excluding hydrogens is 262 g/mol. The zero-order valence-corrected chi connectivity index (χ0v) is 12.8. The van der Waals surface area contributed by atoms with Gasteiger partial charge in [0.05, 0.1) is 11.0 Å². The molecule has 2 rings (SSSR count). The van der Waals surface area contributed by atoms with Crippen molar-refractivity contribution in [2.45, 2.75) is 19.9 Å². The van der Waals surface area contributed by atoms with Crippen molar-refractivity contribution in [3.8, 4) is 0 Å². The molecule has 0 aliphatic carbocycles. The van der Waals surface area contributed by atoms with Crippen molar-refractivity contribution in [2.75, 3.05) is 20.1 Å². The molecule has 5 nitrogen and oxygen atoms in total. The third-order valence-electron chi connectivity index (χ3n) is 3.33. The van der Waals surface area contributed by atoms with Crippen LogP contribution in [-0.4, -0.2) is 35.6 Å². The van der Waals surface area contributed by atoms with Crippen molar-refractivity contribution < 1.29 is 0 Å². The number of aromatic nitrogens is 2. The van der Waals surface area contributed by atoms with Gasteiger partial charge in [0.15, 0.2) is 5.96 Å². The summed E-state index contributed by atoms with van der Waals surface area (Å²) in [5.41, 5.74) is 2.26. The van der Waals surface area contributed by atoms with Crippen molar-refractivity contribution >= 4 is 17.0 Å². The number of aliphatic imine (C=N–C) groups is 1. The first-order valence-corrected chi connectivity index (χ1v) is 7.23. The molecule has 0 saturated carbocycles. The van der Waals surface area contributed by atoms with Gasteiger partial charge in [-0.2, -0.15) is 0 Å². The van der Waals surface area contributed by atoms with Gasteiger partial charge in [0.25, 0.3) is 0 Å². The number of guanidine groups is 1. The summed E-state index contributed by atoms with van der Waals surface area (Å²) < 4.78 is 2.26. The average Bonchev–Trinajstić information content (AvgIpc) is 2.82. The monoisotopic (exact) mass is 285 g/mol. The molecule has 0 atom stereocenters. The molecule has 0 saturated heterocycles. The summed E-state index contributed by atoms with van der Waals surface area (Å²) in [6.45, 7) is 8.25. The van der Waals surface area contributed by atoms with E-state index in [1.165, 1.54) is 5.52 Å². The van der Waals surface area contributed by atoms with Gasteiger partial charge in [0.2, 0.25) is 0 Å². The van der Waals surface area contributed by atoms with Crippen LogP contribution in [0.4, 0.5) is 0 Å². The number of para-hydroxylation sites is 2. The fraction of sp³-hybridized carbons (Fsp3) is 0.375. The molecule has 2 N–H and O–H groups in total. The van der Waals surface area contributed by atoms with E-state index < -0.39 is 0 Å². The molecule has 0 fully saturated rings. The molecule has 2 aromatic rings. The molecule has 0 bridgehead atoms. The second-order valence-electron chi connectivity index (χ2n) is 4.82. The standard InChI is InChI=1S/C16H23N5/c1-4-10-18-16(17-3)19-11-7-12-21-13(2)20-14-8-5-6-9-15(14)21/h4-6,8-9H,1,7,10-12H2,2-3H3,(H2,17,18,19). The van der Waals surface area contributed by atoms with Gasteiger partial charge in [-0.25, -0.2) is 4.98 Å². The molecular formula is C16H23N5. The van der Waals surface area contributed by atoms with Gasteiger partial charge in [-0.15, -0.1) is 6.58 Å². The molecule has 5 heteroatoms. The van der Waals surface area contributed by atoms with Gasteiger partial charge >= 0.3 is 0 Å². The molecule has 0 radical (unpaired) electrons. The number of imidazole rings is 1. The van der Waals surface area contributed by atoms with Crippen molar-refractivity contribution in [1.29, 1.82) is 0 Å². The predicted octanol–water partition coefficient (Wildman–Crippen LogP) is 2.09. The first kappa shape index (κ1) is 15.1. The SMILES string of the molecule is C=CCNC(=NC)NCCCn1c(C)nc2ccccc21. The number of benzene rings is 1. The molecule has 1 aromatic carbocycles. The lowest BCUT2D eigenvalue weighted by atomic mass is 10.3. The van der Waals surface area contributed by atoms with Crippen LogP contribution in [-0.2, 0) is 6.54 Å². The maximum atomic E-state index is 4.58. The van der Waals surface area contributed by atoms with E-state index in [9.17, 15) is 0 Å². The average molecular weight is 285 g/mol. The zero-order valence-electron chi connectivity index (χ0n) is 12.8. The Labute approximate surface area is 125 Å². The predicted molar refractivity (Wildman–Crippen MR) is 88.6 cm³/mol. The summed E-state index contributed by atoms with van der Waals surface area (Å²) >= 11 is 0. The second kappa shape index (κ2) is 7.47. The molecule has 0 amide bonds. The largest absolute Gasteiger partial charge is 0.356 e. The minimum absolute atomic E-state index is 0.713. The first-order chi connectivity index (χ1) is 10.3. The highest BCUT2D eigenvalue weighted by atomic mass is 15.2. The molecule has 0 aliphatic heterocycles. The van der Waals surface area contributed by atoms with E-state index >= 15 is 0 Å². The maximum absolute atomic E-state index is 4.58. The number of nitrogens with zero attached hydrogens (tertiary/aromatic N) is 3. The van der Waals surface area contributed by atoms with E-state index in [4.69, 9.17) is 0 Å². The lowest BCUT2D eigenvalue weighted by Gasteiger charge is -2.11. The van der Waals surface area contributed by atoms with E-state index in [2.05, 4.69) is 56.9 Å². The normalized spacial score (nSPS) is 11.6. The van der Waals surface area contributed by atoms with E-state index in [1.807, 2.05) is 12.1 Å². The minimum atomic E-state index is 0.713. The summed E-state index contributed by atoms with van der Waals surface area (Å²) in [6.07, 6.45) is 2.82. The van der Waals surface area contributed by atoms with Crippen molar-refractivity contribution in [3.05, 3.63) is 42.7 Å². The minimum Gasteiger partial charge on any atom is -0.356 e. The Morgan fingerprint density at radius 3 is 2.95 bits per heavy atom. The molecule has 21 heavy (non-hydrogen) atoms. The van der Waals surface area contributed by atoms with Crippen LogP contribution < -0.4 is 10.6 Å². The van der Waals surface area contributed by atoms with Gasteiger partial charge < -0.3 is 15.2 Å². The Balaban J connectivity index is 1.88. The zero-order chi connectivity index (χ0) is 15.1. The molecule has 0 unspecified atom stereocenters. The van der Waals surface area contributed by atoms with Gasteiger partial charge in [0, 0.05) is 26.7 Å². The number of nitrogens with one attached hydrogen (secondary N) is 2. The van der Waals surface area contributed by atoms with Crippen LogP contribution in [0.15, 0.2) is 41.9 Å². The molecule has 0 aliphatic rings. The number of hydrogen-bond donors (Lipinski definition) is 2. The molecule has 1 aromatic heterocycles. The van der Waals surface area contributed by atoms with Crippen LogP contribution in [0.25, 0.3) is 11.0 Å². The Hall–Kier alpha value is -2.30. The van der Waals surface area contributed by atoms with Crippen LogP contribution in [0.2, 0.25) is 0 Å². The summed E-state index contributed by atoms with van der Waals surface area (Å²) in [5, 5.41) is 6.45. The van der Waals surface area contributed by atoms with Crippen molar-refractivity contribution in [3.63, 3.8) is 0 Å². The van der Waals surface area contributed by atoms with Crippen LogP contribution in [0.3, 0.4) is 0 Å². The topological polar surface area (TPSA) is 54.2 Å². The highest BCUT2D eigenvalue weighted by Crippen LogP contribution is 2.15. The van der Waals surface area contributed by atoms with Gasteiger partial charge in [0.1, 0.15) is 5.82 Å². The van der Waals surface area contributed by atoms with Gasteiger partial charge in [-0.1, -0.05) is 18.2 Å². The Morgan fingerprint density at radius 1 is 1.38 bits per heavy atom. The quantitative estimate of drug-likeness (QED) is 0.370. The number of rotatable bonds is 6. The van der Waals surface area contributed by atoms with Gasteiger partial charge in [-0.05, 0) is 25.5 Å². The first-order valence-electron chi connectivity index (χ1n) is 7.23. The highest BCUT2D eigenvalue weighted by molar-refractivity contribution is 5.79. The molecule has 112 valence electrons.